The molecule has 0 aliphatic heterocycles. The van der Waals surface area contributed by atoms with Crippen molar-refractivity contribution in [2.24, 2.45) is 0 Å². The molecule has 0 unspecified atom stereocenters. The minimum absolute atomic E-state index is 0.200. The SMILES string of the molecule is C=CC(=O)OCC(=O)COC(=O)C(=C)C. The minimum atomic E-state index is -0.699. The van der Waals surface area contributed by atoms with Crippen LogP contribution in [0.4, 0.5) is 0 Å². The van der Waals surface area contributed by atoms with Gasteiger partial charge in [-0.25, -0.2) is 9.59 Å². The first kappa shape index (κ1) is 13.1. The first-order chi connectivity index (χ1) is 6.97. The topological polar surface area (TPSA) is 69.7 Å². The molecule has 0 atom stereocenters. The molecular formula is C10H12O5. The third-order valence-corrected chi connectivity index (χ3v) is 1.25. The predicted molar refractivity (Wildman–Crippen MR) is 51.9 cm³/mol. The molecule has 0 amide bonds. The molecule has 0 bridgehead atoms. The van der Waals surface area contributed by atoms with Gasteiger partial charge in [0, 0.05) is 11.6 Å². The summed E-state index contributed by atoms with van der Waals surface area (Å²) in [5.41, 5.74) is 0.200. The first-order valence-electron chi connectivity index (χ1n) is 4.11. The minimum Gasteiger partial charge on any atom is -0.454 e. The normalized spacial score (nSPS) is 8.87. The van der Waals surface area contributed by atoms with Crippen LogP contribution >= 0.6 is 0 Å². The Bertz CT molecular complexity index is 303. The zero-order chi connectivity index (χ0) is 11.8. The molecule has 0 rings (SSSR count). The van der Waals surface area contributed by atoms with Crippen LogP contribution in [0.15, 0.2) is 24.8 Å². The molecule has 0 spiro atoms. The average Bonchev–Trinajstić information content (AvgIpc) is 2.21. The van der Waals surface area contributed by atoms with E-state index in [4.69, 9.17) is 0 Å². The van der Waals surface area contributed by atoms with Crippen molar-refractivity contribution < 1.29 is 23.9 Å². The maximum atomic E-state index is 11.0. The molecule has 0 fully saturated rings. The largest absolute Gasteiger partial charge is 0.454 e. The summed E-state index contributed by atoms with van der Waals surface area (Å²) in [4.78, 5) is 32.4. The molecule has 0 aliphatic rings. The van der Waals surface area contributed by atoms with Crippen molar-refractivity contribution in [2.45, 2.75) is 6.92 Å². The highest BCUT2D eigenvalue weighted by Crippen LogP contribution is 1.92. The lowest BCUT2D eigenvalue weighted by molar-refractivity contribution is -0.148. The zero-order valence-electron chi connectivity index (χ0n) is 8.45. The second kappa shape index (κ2) is 6.53. The molecule has 0 heterocycles. The van der Waals surface area contributed by atoms with Gasteiger partial charge in [0.1, 0.15) is 0 Å². The van der Waals surface area contributed by atoms with Crippen molar-refractivity contribution >= 4 is 17.7 Å². The van der Waals surface area contributed by atoms with Crippen molar-refractivity contribution in [1.29, 1.82) is 0 Å². The maximum Gasteiger partial charge on any atom is 0.333 e. The fraction of sp³-hybridized carbons (Fsp3) is 0.300. The van der Waals surface area contributed by atoms with Crippen LogP contribution in [-0.4, -0.2) is 30.9 Å². The molecule has 0 aliphatic carbocycles. The summed E-state index contributed by atoms with van der Waals surface area (Å²) in [5.74, 6) is -1.87. The van der Waals surface area contributed by atoms with Crippen LogP contribution in [-0.2, 0) is 23.9 Å². The monoisotopic (exact) mass is 212 g/mol. The molecule has 0 aromatic heterocycles. The Balaban J connectivity index is 3.76. The van der Waals surface area contributed by atoms with E-state index >= 15 is 0 Å². The highest BCUT2D eigenvalue weighted by atomic mass is 16.6. The van der Waals surface area contributed by atoms with Crippen LogP contribution in [0.5, 0.6) is 0 Å². The van der Waals surface area contributed by atoms with Gasteiger partial charge in [0.15, 0.2) is 13.2 Å². The van der Waals surface area contributed by atoms with Gasteiger partial charge in [-0.05, 0) is 6.92 Å². The quantitative estimate of drug-likeness (QED) is 0.471. The maximum absolute atomic E-state index is 11.0. The Hall–Kier alpha value is -1.91. The number of carbonyl (C=O) groups excluding carboxylic acids is 3. The number of ether oxygens (including phenoxy) is 2. The third-order valence-electron chi connectivity index (χ3n) is 1.25. The van der Waals surface area contributed by atoms with E-state index in [9.17, 15) is 14.4 Å². The number of hydrogen-bond donors (Lipinski definition) is 0. The summed E-state index contributed by atoms with van der Waals surface area (Å²) in [5, 5.41) is 0. The number of hydrogen-bond acceptors (Lipinski definition) is 5. The van der Waals surface area contributed by atoms with Gasteiger partial charge in [0.25, 0.3) is 0 Å². The summed E-state index contributed by atoms with van der Waals surface area (Å²) in [6, 6.07) is 0. The van der Waals surface area contributed by atoms with E-state index in [0.717, 1.165) is 6.08 Å². The Kier molecular flexibility index (Phi) is 5.70. The van der Waals surface area contributed by atoms with Gasteiger partial charge in [-0.2, -0.15) is 0 Å². The fourth-order valence-corrected chi connectivity index (χ4v) is 0.521. The van der Waals surface area contributed by atoms with E-state index in [1.165, 1.54) is 6.92 Å². The molecule has 5 nitrogen and oxygen atoms in total. The summed E-state index contributed by atoms with van der Waals surface area (Å²) < 4.78 is 8.95. The van der Waals surface area contributed by atoms with Crippen LogP contribution in [0.1, 0.15) is 6.92 Å². The third kappa shape index (κ3) is 6.20. The lowest BCUT2D eigenvalue weighted by Crippen LogP contribution is -2.20. The van der Waals surface area contributed by atoms with Crippen LogP contribution in [0.2, 0.25) is 0 Å². The van der Waals surface area contributed by atoms with Crippen LogP contribution in [0, 0.1) is 0 Å². The van der Waals surface area contributed by atoms with Crippen molar-refractivity contribution in [3.05, 3.63) is 24.8 Å². The fourth-order valence-electron chi connectivity index (χ4n) is 0.521. The molecule has 0 aromatic rings. The average molecular weight is 212 g/mol. The molecule has 82 valence electrons. The smallest absolute Gasteiger partial charge is 0.333 e. The van der Waals surface area contributed by atoms with Gasteiger partial charge in [0.2, 0.25) is 5.78 Å². The molecule has 0 N–H and O–H groups in total. The van der Waals surface area contributed by atoms with Gasteiger partial charge >= 0.3 is 11.9 Å². The second-order valence-electron chi connectivity index (χ2n) is 2.71. The molecule has 0 radical (unpaired) electrons. The Labute approximate surface area is 87.4 Å². The van der Waals surface area contributed by atoms with Gasteiger partial charge in [-0.1, -0.05) is 13.2 Å². The van der Waals surface area contributed by atoms with Gasteiger partial charge in [0.05, 0.1) is 0 Å². The number of ketones is 1. The van der Waals surface area contributed by atoms with Crippen molar-refractivity contribution in [1.82, 2.24) is 0 Å². The molecule has 0 saturated heterocycles. The van der Waals surface area contributed by atoms with Crippen molar-refractivity contribution in [3.63, 3.8) is 0 Å². The van der Waals surface area contributed by atoms with Crippen molar-refractivity contribution in [2.75, 3.05) is 13.2 Å². The summed E-state index contributed by atoms with van der Waals surface area (Å²) in [7, 11) is 0. The number of Topliss-reactive ketones (excluding diaryl/α,β-unsaturated/α-hetero) is 1. The van der Waals surface area contributed by atoms with Crippen LogP contribution in [0.3, 0.4) is 0 Å². The van der Waals surface area contributed by atoms with Crippen LogP contribution in [0.25, 0.3) is 0 Å². The van der Waals surface area contributed by atoms with Crippen molar-refractivity contribution in [3.8, 4) is 0 Å². The van der Waals surface area contributed by atoms with Crippen LogP contribution < -0.4 is 0 Å². The zero-order valence-corrected chi connectivity index (χ0v) is 8.45. The van der Waals surface area contributed by atoms with E-state index in [0.29, 0.717) is 0 Å². The molecule has 15 heavy (non-hydrogen) atoms. The van der Waals surface area contributed by atoms with E-state index in [-0.39, 0.29) is 5.57 Å². The molecule has 5 heteroatoms. The van der Waals surface area contributed by atoms with E-state index in [1.807, 2.05) is 0 Å². The van der Waals surface area contributed by atoms with Gasteiger partial charge < -0.3 is 9.47 Å². The first-order valence-corrected chi connectivity index (χ1v) is 4.11. The summed E-state index contributed by atoms with van der Waals surface area (Å²) in [6.45, 7) is 7.08. The summed E-state index contributed by atoms with van der Waals surface area (Å²) >= 11 is 0. The lowest BCUT2D eigenvalue weighted by Gasteiger charge is -2.03. The van der Waals surface area contributed by atoms with E-state index in [2.05, 4.69) is 22.6 Å². The predicted octanol–water partition coefficient (Wildman–Crippen LogP) is 0.404. The van der Waals surface area contributed by atoms with Gasteiger partial charge in [-0.15, -0.1) is 0 Å². The number of rotatable bonds is 6. The second-order valence-corrected chi connectivity index (χ2v) is 2.71. The Morgan fingerprint density at radius 1 is 1.20 bits per heavy atom. The highest BCUT2D eigenvalue weighted by Gasteiger charge is 2.09. The molecule has 0 aromatic carbocycles. The Morgan fingerprint density at radius 3 is 2.20 bits per heavy atom. The van der Waals surface area contributed by atoms with E-state index < -0.39 is 30.9 Å². The van der Waals surface area contributed by atoms with E-state index in [1.54, 1.807) is 0 Å². The molecular weight excluding hydrogens is 200 g/mol. The Morgan fingerprint density at radius 2 is 1.73 bits per heavy atom. The van der Waals surface area contributed by atoms with Gasteiger partial charge in [-0.3, -0.25) is 4.79 Å². The standard InChI is InChI=1S/C10H12O5/c1-4-9(12)14-5-8(11)6-15-10(13)7(2)3/h4H,1-2,5-6H2,3H3. The lowest BCUT2D eigenvalue weighted by atomic mass is 10.3. The number of carbonyl (C=O) groups is 3. The summed E-state index contributed by atoms with van der Waals surface area (Å²) in [6.07, 6.45) is 0.938. The molecule has 0 saturated carbocycles. The number of esters is 2. The highest BCUT2D eigenvalue weighted by molar-refractivity contribution is 5.91.